The molecule has 0 aliphatic carbocycles. The van der Waals surface area contributed by atoms with Gasteiger partial charge in [0.1, 0.15) is 5.82 Å². The average Bonchev–Trinajstić information content (AvgIpc) is 2.36. The monoisotopic (exact) mass is 341 g/mol. The van der Waals surface area contributed by atoms with Gasteiger partial charge in [-0.25, -0.2) is 4.39 Å². The van der Waals surface area contributed by atoms with Crippen molar-refractivity contribution in [3.8, 4) is 0 Å². The number of anilines is 1. The summed E-state index contributed by atoms with van der Waals surface area (Å²) in [5.41, 5.74) is 1.50. The van der Waals surface area contributed by atoms with Crippen molar-refractivity contribution in [3.05, 3.63) is 62.8 Å². The number of hydrogen-bond donors (Lipinski definition) is 1. The van der Waals surface area contributed by atoms with E-state index in [0.717, 1.165) is 10.0 Å². The summed E-state index contributed by atoms with van der Waals surface area (Å²) in [5.74, 6) is -1.14. The number of halogens is 3. The van der Waals surface area contributed by atoms with Crippen molar-refractivity contribution >= 4 is 39.1 Å². The molecule has 5 heteroatoms. The minimum atomic E-state index is -0.606. The summed E-state index contributed by atoms with van der Waals surface area (Å²) < 4.78 is 14.3. The van der Waals surface area contributed by atoms with Gasteiger partial charge in [0.05, 0.1) is 11.3 Å². The highest BCUT2D eigenvalue weighted by Crippen LogP contribution is 2.24. The number of aryl methyl sites for hydroxylation is 1. The average molecular weight is 343 g/mol. The van der Waals surface area contributed by atoms with E-state index in [1.165, 1.54) is 18.2 Å². The van der Waals surface area contributed by atoms with Gasteiger partial charge < -0.3 is 5.32 Å². The highest BCUT2D eigenvalue weighted by Gasteiger charge is 2.13. The normalized spacial score (nSPS) is 10.3. The molecule has 0 aliphatic heterocycles. The van der Waals surface area contributed by atoms with Gasteiger partial charge in [0.25, 0.3) is 5.91 Å². The Morgan fingerprint density at radius 2 is 2.00 bits per heavy atom. The summed E-state index contributed by atoms with van der Waals surface area (Å²) >= 11 is 9.09. The summed E-state index contributed by atoms with van der Waals surface area (Å²) in [4.78, 5) is 12.0. The van der Waals surface area contributed by atoms with E-state index in [9.17, 15) is 9.18 Å². The van der Waals surface area contributed by atoms with Crippen LogP contribution in [0.3, 0.4) is 0 Å². The molecule has 0 saturated heterocycles. The number of rotatable bonds is 2. The molecule has 2 aromatic carbocycles. The zero-order valence-corrected chi connectivity index (χ0v) is 12.3. The van der Waals surface area contributed by atoms with Crippen molar-refractivity contribution < 1.29 is 9.18 Å². The molecule has 98 valence electrons. The van der Waals surface area contributed by atoms with Crippen LogP contribution in [0.15, 0.2) is 40.9 Å². The SMILES string of the molecule is Cc1ccc(Br)c(NC(=O)c2cc(Cl)ccc2F)c1. The molecule has 0 bridgehead atoms. The summed E-state index contributed by atoms with van der Waals surface area (Å²) in [7, 11) is 0. The smallest absolute Gasteiger partial charge is 0.258 e. The van der Waals surface area contributed by atoms with Crippen LogP contribution in [0.4, 0.5) is 10.1 Å². The molecule has 0 aromatic heterocycles. The van der Waals surface area contributed by atoms with Crippen molar-refractivity contribution in [2.24, 2.45) is 0 Å². The van der Waals surface area contributed by atoms with E-state index >= 15 is 0 Å². The molecular weight excluding hydrogens is 333 g/mol. The minimum Gasteiger partial charge on any atom is -0.321 e. The first-order valence-corrected chi connectivity index (χ1v) is 6.67. The van der Waals surface area contributed by atoms with E-state index in [2.05, 4.69) is 21.2 Å². The maximum absolute atomic E-state index is 13.6. The largest absolute Gasteiger partial charge is 0.321 e. The van der Waals surface area contributed by atoms with Crippen LogP contribution in [-0.4, -0.2) is 5.91 Å². The van der Waals surface area contributed by atoms with Crippen LogP contribution >= 0.6 is 27.5 Å². The lowest BCUT2D eigenvalue weighted by Crippen LogP contribution is -2.14. The van der Waals surface area contributed by atoms with E-state index in [0.29, 0.717) is 10.7 Å². The van der Waals surface area contributed by atoms with Crippen molar-refractivity contribution in [2.45, 2.75) is 6.92 Å². The molecule has 19 heavy (non-hydrogen) atoms. The number of nitrogens with one attached hydrogen (secondary N) is 1. The lowest BCUT2D eigenvalue weighted by atomic mass is 10.1. The van der Waals surface area contributed by atoms with Gasteiger partial charge in [0, 0.05) is 9.50 Å². The van der Waals surface area contributed by atoms with Crippen molar-refractivity contribution in [1.82, 2.24) is 0 Å². The fourth-order valence-corrected chi connectivity index (χ4v) is 2.11. The second-order valence-corrected chi connectivity index (χ2v) is 5.35. The molecule has 0 unspecified atom stereocenters. The van der Waals surface area contributed by atoms with Gasteiger partial charge in [-0.1, -0.05) is 17.7 Å². The molecule has 0 aliphatic rings. The van der Waals surface area contributed by atoms with Gasteiger partial charge in [-0.2, -0.15) is 0 Å². The van der Waals surface area contributed by atoms with Crippen LogP contribution in [0.1, 0.15) is 15.9 Å². The van der Waals surface area contributed by atoms with E-state index in [1.54, 1.807) is 6.07 Å². The second-order valence-electron chi connectivity index (χ2n) is 4.06. The Morgan fingerprint density at radius 3 is 2.74 bits per heavy atom. The van der Waals surface area contributed by atoms with E-state index < -0.39 is 11.7 Å². The molecule has 0 spiro atoms. The van der Waals surface area contributed by atoms with Gasteiger partial charge in [0.2, 0.25) is 0 Å². The standard InChI is InChI=1S/C14H10BrClFNO/c1-8-2-4-11(15)13(6-8)18-14(19)10-7-9(16)3-5-12(10)17/h2-7H,1H3,(H,18,19). The van der Waals surface area contributed by atoms with Crippen LogP contribution in [-0.2, 0) is 0 Å². The molecule has 0 atom stereocenters. The van der Waals surface area contributed by atoms with Crippen LogP contribution < -0.4 is 5.32 Å². The van der Waals surface area contributed by atoms with Gasteiger partial charge in [-0.05, 0) is 58.7 Å². The van der Waals surface area contributed by atoms with E-state index in [1.807, 2.05) is 19.1 Å². The van der Waals surface area contributed by atoms with Crippen molar-refractivity contribution in [3.63, 3.8) is 0 Å². The number of hydrogen-bond acceptors (Lipinski definition) is 1. The molecule has 2 nitrogen and oxygen atoms in total. The molecule has 0 fully saturated rings. The zero-order valence-electron chi connectivity index (χ0n) is 10.0. The van der Waals surface area contributed by atoms with E-state index in [4.69, 9.17) is 11.6 Å². The zero-order chi connectivity index (χ0) is 14.0. The molecule has 0 radical (unpaired) electrons. The quantitative estimate of drug-likeness (QED) is 0.834. The number of amides is 1. The third-order valence-electron chi connectivity index (χ3n) is 2.54. The summed E-state index contributed by atoms with van der Waals surface area (Å²) in [6.45, 7) is 1.90. The lowest BCUT2D eigenvalue weighted by Gasteiger charge is -2.09. The highest BCUT2D eigenvalue weighted by molar-refractivity contribution is 9.10. The Kier molecular flexibility index (Phi) is 4.22. The van der Waals surface area contributed by atoms with E-state index in [-0.39, 0.29) is 5.56 Å². The molecule has 2 rings (SSSR count). The predicted octanol–water partition coefficient (Wildman–Crippen LogP) is 4.80. The highest BCUT2D eigenvalue weighted by atomic mass is 79.9. The van der Waals surface area contributed by atoms with Crippen molar-refractivity contribution in [2.75, 3.05) is 5.32 Å². The molecule has 1 amide bonds. The van der Waals surface area contributed by atoms with Gasteiger partial charge >= 0.3 is 0 Å². The molecule has 0 heterocycles. The van der Waals surface area contributed by atoms with Crippen LogP contribution in [0, 0.1) is 12.7 Å². The first-order chi connectivity index (χ1) is 8.97. The van der Waals surface area contributed by atoms with Gasteiger partial charge in [-0.15, -0.1) is 0 Å². The fraction of sp³-hybridized carbons (Fsp3) is 0.0714. The van der Waals surface area contributed by atoms with Crippen molar-refractivity contribution in [1.29, 1.82) is 0 Å². The third kappa shape index (κ3) is 3.33. The Balaban J connectivity index is 2.30. The Bertz CT molecular complexity index is 645. The summed E-state index contributed by atoms with van der Waals surface area (Å²) in [5, 5.41) is 2.97. The molecular formula is C14H10BrClFNO. The maximum Gasteiger partial charge on any atom is 0.258 e. The Hall–Kier alpha value is -1.39. The van der Waals surface area contributed by atoms with Crippen LogP contribution in [0.5, 0.6) is 0 Å². The topological polar surface area (TPSA) is 29.1 Å². The Morgan fingerprint density at radius 1 is 1.26 bits per heavy atom. The van der Waals surface area contributed by atoms with Gasteiger partial charge in [-0.3, -0.25) is 4.79 Å². The molecule has 1 N–H and O–H groups in total. The third-order valence-corrected chi connectivity index (χ3v) is 3.47. The number of benzene rings is 2. The first-order valence-electron chi connectivity index (χ1n) is 5.50. The Labute approximate surface area is 123 Å². The predicted molar refractivity (Wildman–Crippen MR) is 78.2 cm³/mol. The molecule has 2 aromatic rings. The number of carbonyl (C=O) groups is 1. The maximum atomic E-state index is 13.6. The summed E-state index contributed by atoms with van der Waals surface area (Å²) in [6.07, 6.45) is 0. The van der Waals surface area contributed by atoms with Crippen LogP contribution in [0.25, 0.3) is 0 Å². The minimum absolute atomic E-state index is 0.0825. The summed E-state index contributed by atoms with van der Waals surface area (Å²) in [6, 6.07) is 9.39. The fourth-order valence-electron chi connectivity index (χ4n) is 1.60. The van der Waals surface area contributed by atoms with Crippen LogP contribution in [0.2, 0.25) is 5.02 Å². The second kappa shape index (κ2) is 5.72. The number of carbonyl (C=O) groups excluding carboxylic acids is 1. The first kappa shape index (κ1) is 14.0. The molecule has 0 saturated carbocycles. The van der Waals surface area contributed by atoms with Gasteiger partial charge in [0.15, 0.2) is 0 Å². The lowest BCUT2D eigenvalue weighted by molar-refractivity contribution is 0.102.